The number of aromatic nitrogens is 2. The van der Waals surface area contributed by atoms with Gasteiger partial charge in [-0.1, -0.05) is 144 Å². The molecular formula is C104H145F4N15O24. The monoisotopic (exact) mass is 2060 g/mol. The van der Waals surface area contributed by atoms with Crippen molar-refractivity contribution in [3.8, 4) is 22.3 Å². The number of nitrogens with zero attached hydrogens (tertiary/aromatic N) is 4. The van der Waals surface area contributed by atoms with Gasteiger partial charge in [0.2, 0.25) is 70.9 Å². The third-order valence-electron chi connectivity index (χ3n) is 23.1. The van der Waals surface area contributed by atoms with Crippen LogP contribution in [0.5, 0.6) is 0 Å². The van der Waals surface area contributed by atoms with Crippen molar-refractivity contribution in [3.05, 3.63) is 167 Å². The number of ketones is 4. The number of aliphatic hydroxyl groups excluding tert-OH is 2. The lowest BCUT2D eigenvalue weighted by atomic mass is 9.82. The molecule has 0 saturated heterocycles. The van der Waals surface area contributed by atoms with E-state index in [0.29, 0.717) is 36.3 Å². The number of carboxylic acids is 3. The largest absolute Gasteiger partial charge is 0.481 e. The van der Waals surface area contributed by atoms with E-state index < -0.39 is 252 Å². The number of hydrogen-bond donors (Lipinski definition) is 16. The van der Waals surface area contributed by atoms with Crippen molar-refractivity contribution in [1.29, 1.82) is 0 Å². The number of nitrogens with one attached hydrogen (secondary N) is 8. The van der Waals surface area contributed by atoms with Gasteiger partial charge in [0.05, 0.1) is 49.9 Å². The number of amides is 12. The van der Waals surface area contributed by atoms with E-state index in [-0.39, 0.29) is 127 Å². The summed E-state index contributed by atoms with van der Waals surface area (Å²) < 4.78 is 63.1. The van der Waals surface area contributed by atoms with E-state index in [1.54, 1.807) is 49.9 Å². The zero-order valence-electron chi connectivity index (χ0n) is 85.9. The molecule has 0 spiro atoms. The molecule has 0 bridgehead atoms. The Balaban J connectivity index is 0.000000749. The van der Waals surface area contributed by atoms with Crippen LogP contribution >= 0.6 is 0 Å². The van der Waals surface area contributed by atoms with E-state index in [9.17, 15) is 110 Å². The summed E-state index contributed by atoms with van der Waals surface area (Å²) in [5.74, 6) is -20.1. The second kappa shape index (κ2) is 63.9. The number of aliphatic hydroxyl groups is 2. The van der Waals surface area contributed by atoms with Crippen LogP contribution in [-0.2, 0) is 104 Å². The van der Waals surface area contributed by atoms with Crippen molar-refractivity contribution in [1.82, 2.24) is 61.5 Å². The van der Waals surface area contributed by atoms with Crippen LogP contribution in [0, 0.1) is 45.9 Å². The van der Waals surface area contributed by atoms with Crippen LogP contribution < -0.4 is 59.7 Å². The number of benzene rings is 4. The standard InChI is InChI=1S/C55H75F2N9O14.C45H58F2N6O10.2C2H6/c1-32(25-44(69)33(2)62-47(72)18-15-37(68)16-19-49(74)75)51(76)64-42(28-45(59)70)53(78)63-41(52(77)61-23-20-46(71)60-22-10-9-13-40(58)54(79)80)21-24-66(48(73)31-67)50(55(3,4)5)43-26-35(38-27-36(56)14-17-39(38)57)30-65(43)29-34-11-7-6-8-12-34;1-27(20-37(56)28(2)50-39(58)16-13-32(55)14-17-41(60)61)43(62)51-35(23-38(48)57)44(63)49-18-9-19-53(40(59)26-54)42(45(3,4)5)36-21-30(33-22-31(46)12-15-34(33)47)25-52(36)24-29-10-7-6-8-11-29;2*1-2/h6-8,11-12,14,17,26-27,30,32-33,40-42,50,67H,9-10,13,15-16,18-25,28-29,31,58H2,1-5H3,(H2,59,70)(H,60,71)(H,61,77)(H,62,72)(H,63,78)(H,64,76)(H,74,75)(H,79,80);6-8,10-12,15,21-22,25,27-28,35,42,54H,9,13-14,16-20,23-24,26H2,1-5H3,(H2,48,57)(H,49,63)(H,50,58)(H,51,62)(H,60,61);2*1-2H3/t32-,33+,40+,41+,42+,50+;27-,28+,35+,42+;;/m11../s1. The molecule has 10 atom stereocenters. The summed E-state index contributed by atoms with van der Waals surface area (Å²) >= 11 is 0. The van der Waals surface area contributed by atoms with Gasteiger partial charge in [-0.3, -0.25) is 91.1 Å². The molecule has 2 aromatic heterocycles. The molecule has 0 saturated carbocycles. The van der Waals surface area contributed by atoms with Gasteiger partial charge in [-0.25, -0.2) is 17.6 Å². The van der Waals surface area contributed by atoms with Gasteiger partial charge in [0.25, 0.3) is 0 Å². The van der Waals surface area contributed by atoms with E-state index in [1.165, 1.54) is 37.5 Å². The number of halogens is 4. The van der Waals surface area contributed by atoms with Gasteiger partial charge in [0.15, 0.2) is 11.6 Å². The zero-order chi connectivity index (χ0) is 111. The normalized spacial score (nSPS) is 13.1. The molecule has 4 aromatic carbocycles. The quantitative estimate of drug-likeness (QED) is 0.0128. The summed E-state index contributed by atoms with van der Waals surface area (Å²) in [6.07, 6.45) is -0.777. The van der Waals surface area contributed by atoms with Crippen molar-refractivity contribution < 1.29 is 134 Å². The summed E-state index contributed by atoms with van der Waals surface area (Å²) in [6.45, 7) is 22.6. The van der Waals surface area contributed by atoms with Crippen molar-refractivity contribution in [2.75, 3.05) is 45.9 Å². The number of carbonyl (C=O) groups excluding carboxylic acids is 16. The summed E-state index contributed by atoms with van der Waals surface area (Å²) in [7, 11) is 0. The van der Waals surface area contributed by atoms with Gasteiger partial charge in [0, 0.05) is 161 Å². The van der Waals surface area contributed by atoms with E-state index in [2.05, 4.69) is 42.5 Å². The average molecular weight is 2070 g/mol. The van der Waals surface area contributed by atoms with Gasteiger partial charge in [-0.05, 0) is 116 Å². The maximum absolute atomic E-state index is 15.4. The molecule has 0 aliphatic heterocycles. The van der Waals surface area contributed by atoms with E-state index in [4.69, 9.17) is 32.5 Å². The lowest BCUT2D eigenvalue weighted by Crippen LogP contribution is -2.56. The highest BCUT2D eigenvalue weighted by molar-refractivity contribution is 5.99. The molecule has 808 valence electrons. The second-order valence-electron chi connectivity index (χ2n) is 37.2. The molecule has 39 nitrogen and oxygen atoms in total. The van der Waals surface area contributed by atoms with Crippen LogP contribution in [0.15, 0.2) is 122 Å². The highest BCUT2D eigenvalue weighted by Crippen LogP contribution is 2.44. The van der Waals surface area contributed by atoms with Crippen LogP contribution in [0.25, 0.3) is 22.3 Å². The molecule has 0 unspecified atom stereocenters. The fraction of sp³-hybridized carbons (Fsp3) is 0.510. The highest BCUT2D eigenvalue weighted by atomic mass is 19.1. The number of Topliss-reactive ketones (excluding diaryl/α,β-unsaturated/α-hetero) is 4. The van der Waals surface area contributed by atoms with Crippen LogP contribution in [0.3, 0.4) is 0 Å². The predicted molar refractivity (Wildman–Crippen MR) is 536 cm³/mol. The van der Waals surface area contributed by atoms with Crippen molar-refractivity contribution in [3.63, 3.8) is 0 Å². The Bertz CT molecular complexity index is 5450. The molecule has 43 heteroatoms. The Morgan fingerprint density at radius 3 is 1.16 bits per heavy atom. The number of aliphatic carboxylic acids is 3. The van der Waals surface area contributed by atoms with Crippen LogP contribution in [0.4, 0.5) is 17.6 Å². The Kier molecular flexibility index (Phi) is 55.2. The van der Waals surface area contributed by atoms with E-state index in [1.807, 2.05) is 114 Å². The topological polar surface area (TPSA) is 616 Å². The van der Waals surface area contributed by atoms with E-state index in [0.717, 1.165) is 47.5 Å². The minimum Gasteiger partial charge on any atom is -0.481 e. The minimum absolute atomic E-state index is 0.00350. The molecular weight excluding hydrogens is 1920 g/mol. The molecule has 0 aliphatic carbocycles. The lowest BCUT2D eigenvalue weighted by molar-refractivity contribution is -0.141. The molecule has 147 heavy (non-hydrogen) atoms. The number of primary amides is 2. The second-order valence-corrected chi connectivity index (χ2v) is 37.2. The fourth-order valence-electron chi connectivity index (χ4n) is 15.6. The lowest BCUT2D eigenvalue weighted by Gasteiger charge is -2.41. The summed E-state index contributed by atoms with van der Waals surface area (Å²) in [5, 5.41) is 67.2. The Labute approximate surface area is 852 Å². The number of carboxylic acid groups (broad SMARTS) is 3. The van der Waals surface area contributed by atoms with Gasteiger partial charge >= 0.3 is 17.9 Å². The first kappa shape index (κ1) is 127. The minimum atomic E-state index is -1.75. The SMILES string of the molecule is CC.CC.C[C@H](CC(=O)[C@H](C)NC(=O)CCC(=O)CCC(=O)O)C(=O)N[C@@H](CC(N)=O)C(=O)NCCCN(C(=O)CO)[C@@H](c1cc(-c2cc(F)ccc2F)cn1Cc1ccccc1)C(C)(C)C.C[C@H](CC(=O)[C@H](C)NC(=O)CCC(=O)CCC(=O)O)C(=O)N[C@@H](CC(N)=O)C(=O)N[C@@H](CCN(C(=O)CO)[C@@H](c1cc(-c2cc(F)ccc2F)cn1Cc1ccccc1)C(C)(C)C)C(=O)NCCC(=O)NCCCC[C@H](N)C(=O)O. The Morgan fingerprint density at radius 1 is 0.401 bits per heavy atom. The smallest absolute Gasteiger partial charge is 0.320 e. The molecule has 6 aromatic rings. The highest BCUT2D eigenvalue weighted by Gasteiger charge is 2.41. The summed E-state index contributed by atoms with van der Waals surface area (Å²) in [5.41, 5.74) is 18.1. The van der Waals surface area contributed by atoms with Gasteiger partial charge in [-0.15, -0.1) is 0 Å². The molecule has 0 fully saturated rings. The average Bonchev–Trinajstić information content (AvgIpc) is 1.64. The maximum atomic E-state index is 15.4. The first-order chi connectivity index (χ1) is 69.2. The van der Waals surface area contributed by atoms with Crippen LogP contribution in [-0.4, -0.2) is 239 Å². The van der Waals surface area contributed by atoms with Gasteiger partial charge in [0.1, 0.15) is 72.2 Å². The number of carbonyl (C=O) groups is 19. The van der Waals surface area contributed by atoms with Gasteiger partial charge < -0.3 is 104 Å². The zero-order valence-corrected chi connectivity index (χ0v) is 85.9. The molecule has 12 amide bonds. The number of unbranched alkanes of at least 4 members (excludes halogenated alkanes) is 1. The number of rotatable bonds is 60. The third kappa shape index (κ3) is 45.1. The number of hydrogen-bond acceptors (Lipinski definition) is 22. The molecule has 2 heterocycles. The maximum Gasteiger partial charge on any atom is 0.320 e. The summed E-state index contributed by atoms with van der Waals surface area (Å²) in [4.78, 5) is 243. The van der Waals surface area contributed by atoms with E-state index >= 15 is 8.78 Å². The van der Waals surface area contributed by atoms with Crippen molar-refractivity contribution in [2.24, 2.45) is 39.9 Å². The molecule has 19 N–H and O–H groups in total. The van der Waals surface area contributed by atoms with Crippen molar-refractivity contribution >= 4 is 112 Å². The summed E-state index contributed by atoms with van der Waals surface area (Å²) in [6, 6.07) is 18.2. The number of nitrogens with two attached hydrogens (primary N) is 3. The molecule has 0 radical (unpaired) electrons. The Morgan fingerprint density at radius 2 is 0.776 bits per heavy atom. The third-order valence-corrected chi connectivity index (χ3v) is 23.1. The van der Waals surface area contributed by atoms with Crippen molar-refractivity contribution in [2.45, 2.75) is 274 Å². The first-order valence-corrected chi connectivity index (χ1v) is 48.8. The predicted octanol–water partition coefficient (Wildman–Crippen LogP) is 7.77. The fourth-order valence-corrected chi connectivity index (χ4v) is 15.6. The Hall–Kier alpha value is -14.2. The van der Waals surface area contributed by atoms with Gasteiger partial charge in [-0.2, -0.15) is 0 Å². The van der Waals surface area contributed by atoms with Crippen LogP contribution in [0.2, 0.25) is 0 Å². The molecule has 0 aliphatic rings. The molecule has 6 rings (SSSR count). The van der Waals surface area contributed by atoms with Crippen LogP contribution in [0.1, 0.15) is 247 Å². The first-order valence-electron chi connectivity index (χ1n) is 48.8.